The van der Waals surface area contributed by atoms with E-state index in [1.807, 2.05) is 30.4 Å². The van der Waals surface area contributed by atoms with Crippen molar-refractivity contribution < 1.29 is 9.53 Å². The molecular weight excluding hydrogens is 318 g/mol. The van der Waals surface area contributed by atoms with Gasteiger partial charge in [0.05, 0.1) is 6.54 Å². The first-order valence-corrected chi connectivity index (χ1v) is 9.44. The number of aromatic nitrogens is 3. The van der Waals surface area contributed by atoms with Gasteiger partial charge in [0.15, 0.2) is 0 Å². The molecule has 1 aromatic rings. The summed E-state index contributed by atoms with van der Waals surface area (Å²) in [7, 11) is 0. The zero-order chi connectivity index (χ0) is 18.0. The topological polar surface area (TPSA) is 72.3 Å². The normalized spacial score (nSPS) is 24.9. The Balaban J connectivity index is 1.50. The van der Waals surface area contributed by atoms with Gasteiger partial charge in [0.25, 0.3) is 0 Å². The summed E-state index contributed by atoms with van der Waals surface area (Å²) in [5, 5.41) is 8.00. The molecule has 1 fully saturated rings. The lowest BCUT2D eigenvalue weighted by molar-refractivity contribution is 0.0213. The molecule has 0 aromatic carbocycles. The molecule has 3 atom stereocenters. The van der Waals surface area contributed by atoms with Crippen molar-refractivity contribution in [3.8, 4) is 0 Å². The Kier molecular flexibility index (Phi) is 5.32. The van der Waals surface area contributed by atoms with Gasteiger partial charge in [-0.2, -0.15) is 5.10 Å². The Morgan fingerprint density at radius 2 is 2.24 bits per heavy atom. The van der Waals surface area contributed by atoms with E-state index in [4.69, 9.17) is 4.74 Å². The van der Waals surface area contributed by atoms with Gasteiger partial charge < -0.3 is 15.0 Å². The van der Waals surface area contributed by atoms with Crippen molar-refractivity contribution in [2.45, 2.75) is 90.1 Å². The molecular formula is C18H31N5O2. The van der Waals surface area contributed by atoms with Gasteiger partial charge in [-0.05, 0) is 53.4 Å². The first-order valence-electron chi connectivity index (χ1n) is 9.44. The fraction of sp³-hybridized carbons (Fsp3) is 0.833. The van der Waals surface area contributed by atoms with E-state index in [1.54, 1.807) is 6.33 Å². The van der Waals surface area contributed by atoms with Crippen LogP contribution >= 0.6 is 0 Å². The van der Waals surface area contributed by atoms with Crippen molar-refractivity contribution in [2.75, 3.05) is 6.54 Å². The number of ether oxygens (including phenoxy) is 1. The van der Waals surface area contributed by atoms with E-state index in [2.05, 4.69) is 22.3 Å². The first-order chi connectivity index (χ1) is 11.8. The summed E-state index contributed by atoms with van der Waals surface area (Å²) in [6.07, 6.45) is 6.60. The molecule has 0 bridgehead atoms. The summed E-state index contributed by atoms with van der Waals surface area (Å²) >= 11 is 0. The minimum Gasteiger partial charge on any atom is -0.444 e. The van der Waals surface area contributed by atoms with Crippen LogP contribution in [0.25, 0.3) is 0 Å². The van der Waals surface area contributed by atoms with Crippen molar-refractivity contribution in [3.63, 3.8) is 0 Å². The molecule has 2 aliphatic heterocycles. The Hall–Kier alpha value is -1.63. The number of likely N-dealkylation sites (tertiary alicyclic amines) is 1. The maximum Gasteiger partial charge on any atom is 0.410 e. The summed E-state index contributed by atoms with van der Waals surface area (Å²) < 4.78 is 7.56. The predicted octanol–water partition coefficient (Wildman–Crippen LogP) is 2.36. The van der Waals surface area contributed by atoms with Crippen LogP contribution in [0.1, 0.15) is 59.2 Å². The van der Waals surface area contributed by atoms with Gasteiger partial charge in [0.2, 0.25) is 0 Å². The molecule has 25 heavy (non-hydrogen) atoms. The minimum absolute atomic E-state index is 0.174. The third-order valence-corrected chi connectivity index (χ3v) is 4.96. The second-order valence-corrected chi connectivity index (χ2v) is 8.37. The van der Waals surface area contributed by atoms with Crippen LogP contribution in [0, 0.1) is 0 Å². The number of hydrogen-bond donors (Lipinski definition) is 1. The van der Waals surface area contributed by atoms with Gasteiger partial charge in [0.1, 0.15) is 17.8 Å². The van der Waals surface area contributed by atoms with E-state index < -0.39 is 5.60 Å². The summed E-state index contributed by atoms with van der Waals surface area (Å²) in [5.41, 5.74) is -0.439. The van der Waals surface area contributed by atoms with Crippen LogP contribution in [-0.4, -0.2) is 56.0 Å². The molecule has 7 heteroatoms. The Bertz CT molecular complexity index is 595. The summed E-state index contributed by atoms with van der Waals surface area (Å²) in [6.45, 7) is 9.64. The van der Waals surface area contributed by atoms with Gasteiger partial charge in [-0.3, -0.25) is 0 Å². The van der Waals surface area contributed by atoms with Crippen LogP contribution in [0.5, 0.6) is 0 Å². The van der Waals surface area contributed by atoms with Crippen LogP contribution < -0.4 is 5.32 Å². The third kappa shape index (κ3) is 4.71. The molecule has 1 N–H and O–H groups in total. The predicted molar refractivity (Wildman–Crippen MR) is 95.3 cm³/mol. The van der Waals surface area contributed by atoms with Crippen LogP contribution in [0.2, 0.25) is 0 Å². The monoisotopic (exact) mass is 349 g/mol. The maximum absolute atomic E-state index is 12.4. The maximum atomic E-state index is 12.4. The van der Waals surface area contributed by atoms with Crippen LogP contribution in [0.4, 0.5) is 4.79 Å². The van der Waals surface area contributed by atoms with Crippen LogP contribution in [0.15, 0.2) is 6.33 Å². The van der Waals surface area contributed by atoms with Crippen molar-refractivity contribution in [1.82, 2.24) is 25.0 Å². The molecule has 1 amide bonds. The lowest BCUT2D eigenvalue weighted by Crippen LogP contribution is -2.46. The smallest absolute Gasteiger partial charge is 0.410 e. The number of fused-ring (bicyclic) bond motifs is 1. The highest BCUT2D eigenvalue weighted by molar-refractivity contribution is 5.68. The highest BCUT2D eigenvalue weighted by atomic mass is 16.6. The number of amides is 1. The molecule has 7 nitrogen and oxygen atoms in total. The quantitative estimate of drug-likeness (QED) is 0.903. The lowest BCUT2D eigenvalue weighted by Gasteiger charge is -2.32. The van der Waals surface area contributed by atoms with Crippen LogP contribution in [0.3, 0.4) is 0 Å². The molecule has 2 aliphatic rings. The minimum atomic E-state index is -0.439. The third-order valence-electron chi connectivity index (χ3n) is 4.96. The highest BCUT2D eigenvalue weighted by Crippen LogP contribution is 2.24. The van der Waals surface area contributed by atoms with E-state index in [-0.39, 0.29) is 12.1 Å². The number of nitrogens with one attached hydrogen (secondary N) is 1. The lowest BCUT2D eigenvalue weighted by atomic mass is 10.0. The van der Waals surface area contributed by atoms with Gasteiger partial charge >= 0.3 is 6.09 Å². The van der Waals surface area contributed by atoms with E-state index in [0.29, 0.717) is 12.1 Å². The second-order valence-electron chi connectivity index (χ2n) is 8.37. The van der Waals surface area contributed by atoms with E-state index in [9.17, 15) is 4.79 Å². The molecule has 140 valence electrons. The number of carbonyl (C=O) groups excluding carboxylic acids is 1. The Labute approximate surface area is 150 Å². The average Bonchev–Trinajstić information content (AvgIpc) is 3.13. The van der Waals surface area contributed by atoms with Crippen LogP contribution in [-0.2, 0) is 17.7 Å². The summed E-state index contributed by atoms with van der Waals surface area (Å²) in [4.78, 5) is 18.6. The molecule has 0 spiro atoms. The SMILES string of the molecule is CC(CC1CCCN1C(=O)OC(C)(C)C)NC1CCc2ncnn2C1. The molecule has 0 aliphatic carbocycles. The fourth-order valence-corrected chi connectivity index (χ4v) is 3.89. The van der Waals surface area contributed by atoms with Crippen molar-refractivity contribution in [1.29, 1.82) is 0 Å². The average molecular weight is 349 g/mol. The molecule has 1 aromatic heterocycles. The first kappa shape index (κ1) is 18.2. The van der Waals surface area contributed by atoms with Gasteiger partial charge in [0, 0.05) is 31.1 Å². The molecule has 3 unspecified atom stereocenters. The van der Waals surface area contributed by atoms with Crippen molar-refractivity contribution in [3.05, 3.63) is 12.2 Å². The zero-order valence-electron chi connectivity index (χ0n) is 15.9. The number of carbonyl (C=O) groups is 1. The largest absolute Gasteiger partial charge is 0.444 e. The summed E-state index contributed by atoms with van der Waals surface area (Å²) in [5.74, 6) is 1.08. The molecule has 1 saturated heterocycles. The van der Waals surface area contributed by atoms with Gasteiger partial charge in [-0.1, -0.05) is 0 Å². The highest BCUT2D eigenvalue weighted by Gasteiger charge is 2.33. The molecule has 0 saturated carbocycles. The Morgan fingerprint density at radius 1 is 1.44 bits per heavy atom. The summed E-state index contributed by atoms with van der Waals surface area (Å²) in [6, 6.07) is 1.03. The fourth-order valence-electron chi connectivity index (χ4n) is 3.89. The Morgan fingerprint density at radius 3 is 3.00 bits per heavy atom. The van der Waals surface area contributed by atoms with Crippen molar-refractivity contribution >= 4 is 6.09 Å². The second kappa shape index (κ2) is 7.32. The molecule has 3 rings (SSSR count). The number of nitrogens with zero attached hydrogens (tertiary/aromatic N) is 4. The van der Waals surface area contributed by atoms with Gasteiger partial charge in [-0.15, -0.1) is 0 Å². The number of rotatable bonds is 4. The number of hydrogen-bond acceptors (Lipinski definition) is 5. The number of aryl methyl sites for hydroxylation is 1. The zero-order valence-corrected chi connectivity index (χ0v) is 15.9. The van der Waals surface area contributed by atoms with Gasteiger partial charge in [-0.25, -0.2) is 14.5 Å². The molecule has 3 heterocycles. The van der Waals surface area contributed by atoms with Crippen molar-refractivity contribution in [2.24, 2.45) is 0 Å². The van der Waals surface area contributed by atoms with E-state index in [0.717, 1.165) is 51.0 Å². The van der Waals surface area contributed by atoms with E-state index >= 15 is 0 Å². The van der Waals surface area contributed by atoms with E-state index in [1.165, 1.54) is 0 Å². The standard InChI is InChI=1S/C18H31N5O2/c1-13(21-14-7-8-16-19-12-20-23(16)11-14)10-15-6-5-9-22(15)17(24)25-18(2,3)4/h12-15,21H,5-11H2,1-4H3. The molecule has 0 radical (unpaired) electrons.